The maximum atomic E-state index is 13.5. The first-order valence-electron chi connectivity index (χ1n) is 10.0. The number of fused-ring (bicyclic) bond motifs is 1. The zero-order valence-electron chi connectivity index (χ0n) is 17.4. The predicted molar refractivity (Wildman–Crippen MR) is 120 cm³/mol. The van der Waals surface area contributed by atoms with Crippen molar-refractivity contribution < 1.29 is 22.8 Å². The maximum Gasteiger partial charge on any atom is 0.435 e. The Morgan fingerprint density at radius 2 is 1.61 bits per heavy atom. The summed E-state index contributed by atoms with van der Waals surface area (Å²) in [5.41, 5.74) is 0.959. The molecule has 2 amide bonds. The Morgan fingerprint density at radius 1 is 0.970 bits per heavy atom. The van der Waals surface area contributed by atoms with E-state index < -0.39 is 17.8 Å². The first-order chi connectivity index (χ1) is 15.7. The number of aryl methyl sites for hydroxylation is 1. The van der Waals surface area contributed by atoms with Gasteiger partial charge >= 0.3 is 6.18 Å². The third kappa shape index (κ3) is 4.90. The van der Waals surface area contributed by atoms with Crippen molar-refractivity contribution in [1.29, 1.82) is 0 Å². The number of carbonyl (C=O) groups excluding carboxylic acids is 2. The number of amides is 2. The van der Waals surface area contributed by atoms with Crippen molar-refractivity contribution in [3.05, 3.63) is 82.4 Å². The molecule has 0 fully saturated rings. The molecular weight excluding hydrogens is 453 g/mol. The van der Waals surface area contributed by atoms with Crippen molar-refractivity contribution in [2.75, 3.05) is 13.1 Å². The quantitative estimate of drug-likeness (QED) is 0.404. The number of alkyl halides is 3. The van der Waals surface area contributed by atoms with Gasteiger partial charge in [-0.05, 0) is 37.3 Å². The van der Waals surface area contributed by atoms with E-state index in [2.05, 4.69) is 15.7 Å². The fourth-order valence-electron chi connectivity index (χ4n) is 3.22. The molecule has 2 aromatic heterocycles. The minimum absolute atomic E-state index is 0.127. The predicted octanol–water partition coefficient (Wildman–Crippen LogP) is 4.57. The number of thiophene rings is 1. The Kier molecular flexibility index (Phi) is 6.19. The van der Waals surface area contributed by atoms with E-state index in [1.807, 2.05) is 19.1 Å². The Labute approximate surface area is 191 Å². The summed E-state index contributed by atoms with van der Waals surface area (Å²) < 4.78 is 41.8. The highest BCUT2D eigenvalue weighted by atomic mass is 32.1. The van der Waals surface area contributed by atoms with Crippen molar-refractivity contribution in [2.45, 2.75) is 13.1 Å². The number of aromatic nitrogens is 2. The van der Waals surface area contributed by atoms with Crippen molar-refractivity contribution in [3.8, 4) is 5.69 Å². The molecule has 0 spiro atoms. The van der Waals surface area contributed by atoms with Crippen LogP contribution in [0.4, 0.5) is 13.2 Å². The molecule has 0 saturated carbocycles. The number of rotatable bonds is 6. The molecule has 2 aromatic carbocycles. The van der Waals surface area contributed by atoms with Crippen molar-refractivity contribution in [3.63, 3.8) is 0 Å². The Morgan fingerprint density at radius 3 is 2.24 bits per heavy atom. The average Bonchev–Trinajstić information content (AvgIpc) is 3.37. The van der Waals surface area contributed by atoms with Gasteiger partial charge in [-0.1, -0.05) is 35.9 Å². The zero-order chi connectivity index (χ0) is 23.6. The highest BCUT2D eigenvalue weighted by Gasteiger charge is 2.38. The van der Waals surface area contributed by atoms with Crippen LogP contribution in [-0.2, 0) is 6.18 Å². The van der Waals surface area contributed by atoms with Crippen LogP contribution in [0, 0.1) is 6.92 Å². The second-order valence-corrected chi connectivity index (χ2v) is 8.33. The van der Waals surface area contributed by atoms with Crippen LogP contribution in [0.3, 0.4) is 0 Å². The van der Waals surface area contributed by atoms with Crippen LogP contribution in [0.25, 0.3) is 15.9 Å². The number of hydrogen-bond acceptors (Lipinski definition) is 4. The number of halogens is 3. The van der Waals surface area contributed by atoms with Gasteiger partial charge in [0.05, 0.1) is 10.6 Å². The van der Waals surface area contributed by atoms with Crippen LogP contribution in [0.1, 0.15) is 31.3 Å². The molecule has 0 aliphatic carbocycles. The second-order valence-electron chi connectivity index (χ2n) is 7.30. The zero-order valence-corrected chi connectivity index (χ0v) is 18.3. The van der Waals surface area contributed by atoms with E-state index in [4.69, 9.17) is 0 Å². The van der Waals surface area contributed by atoms with Gasteiger partial charge < -0.3 is 10.6 Å². The van der Waals surface area contributed by atoms with E-state index in [0.717, 1.165) is 16.9 Å². The summed E-state index contributed by atoms with van der Waals surface area (Å²) in [6.45, 7) is 2.22. The number of para-hydroxylation sites is 1. The van der Waals surface area contributed by atoms with Gasteiger partial charge in [-0.2, -0.15) is 18.3 Å². The van der Waals surface area contributed by atoms with Gasteiger partial charge in [0.15, 0.2) is 5.69 Å². The molecule has 10 heteroatoms. The molecule has 4 rings (SSSR count). The maximum absolute atomic E-state index is 13.5. The fraction of sp³-hybridized carbons (Fsp3) is 0.174. The molecule has 2 N–H and O–H groups in total. The van der Waals surface area contributed by atoms with Gasteiger partial charge in [-0.3, -0.25) is 9.59 Å². The molecule has 0 unspecified atom stereocenters. The number of nitrogens with zero attached hydrogens (tertiary/aromatic N) is 2. The van der Waals surface area contributed by atoms with Crippen LogP contribution >= 0.6 is 11.3 Å². The molecule has 0 radical (unpaired) electrons. The topological polar surface area (TPSA) is 76.0 Å². The third-order valence-corrected chi connectivity index (χ3v) is 5.97. The van der Waals surface area contributed by atoms with E-state index in [-0.39, 0.29) is 34.1 Å². The third-order valence-electron chi connectivity index (χ3n) is 4.86. The smallest absolute Gasteiger partial charge is 0.350 e. The summed E-state index contributed by atoms with van der Waals surface area (Å²) in [7, 11) is 0. The lowest BCUT2D eigenvalue weighted by Crippen LogP contribution is -2.34. The summed E-state index contributed by atoms with van der Waals surface area (Å²) in [6, 6.07) is 16.7. The van der Waals surface area contributed by atoms with Gasteiger partial charge in [-0.15, -0.1) is 11.3 Å². The van der Waals surface area contributed by atoms with Crippen molar-refractivity contribution in [1.82, 2.24) is 20.4 Å². The second kappa shape index (κ2) is 9.07. The fourth-order valence-corrected chi connectivity index (χ4v) is 4.27. The van der Waals surface area contributed by atoms with Crippen molar-refractivity contribution >= 4 is 33.4 Å². The highest BCUT2D eigenvalue weighted by Crippen LogP contribution is 2.38. The van der Waals surface area contributed by atoms with E-state index in [0.29, 0.717) is 11.3 Å². The first kappa shape index (κ1) is 22.5. The molecule has 0 saturated heterocycles. The van der Waals surface area contributed by atoms with Gasteiger partial charge in [-0.25, -0.2) is 4.68 Å². The number of benzene rings is 2. The lowest BCUT2D eigenvalue weighted by atomic mass is 10.1. The molecule has 170 valence electrons. The van der Waals surface area contributed by atoms with Crippen LogP contribution in [0.5, 0.6) is 0 Å². The number of carbonyl (C=O) groups is 2. The van der Waals surface area contributed by atoms with Gasteiger partial charge in [0.1, 0.15) is 4.83 Å². The average molecular weight is 472 g/mol. The molecule has 0 aliphatic heterocycles. The minimum Gasteiger partial charge on any atom is -0.350 e. The lowest BCUT2D eigenvalue weighted by Gasteiger charge is -2.07. The SMILES string of the molecule is Cc1ccc(C(=O)NCCNC(=O)c2cc3c(C(F)(F)F)nn(-c4ccccc4)c3s2)cc1. The standard InChI is InChI=1S/C23H19F3N4O2S/c1-14-7-9-15(10-8-14)20(31)27-11-12-28-21(32)18-13-17-19(23(24,25)26)29-30(22(17)33-18)16-5-3-2-4-6-16/h2-10,13H,11-12H2,1H3,(H,27,31)(H,28,32). The Balaban J connectivity index is 1.46. The molecule has 33 heavy (non-hydrogen) atoms. The molecule has 2 heterocycles. The van der Waals surface area contributed by atoms with Gasteiger partial charge in [0.25, 0.3) is 11.8 Å². The van der Waals surface area contributed by atoms with Crippen molar-refractivity contribution in [2.24, 2.45) is 0 Å². The van der Waals surface area contributed by atoms with E-state index >= 15 is 0 Å². The number of nitrogens with one attached hydrogen (secondary N) is 2. The first-order valence-corrected chi connectivity index (χ1v) is 10.8. The lowest BCUT2D eigenvalue weighted by molar-refractivity contribution is -0.140. The molecule has 0 bridgehead atoms. The van der Waals surface area contributed by atoms with E-state index in [1.54, 1.807) is 42.5 Å². The van der Waals surface area contributed by atoms with Gasteiger partial charge in [0, 0.05) is 24.0 Å². The number of hydrogen-bond donors (Lipinski definition) is 2. The highest BCUT2D eigenvalue weighted by molar-refractivity contribution is 7.20. The summed E-state index contributed by atoms with van der Waals surface area (Å²) in [4.78, 5) is 25.0. The monoisotopic (exact) mass is 472 g/mol. The minimum atomic E-state index is -4.66. The van der Waals surface area contributed by atoms with Crippen LogP contribution in [-0.4, -0.2) is 34.7 Å². The van der Waals surface area contributed by atoms with E-state index in [9.17, 15) is 22.8 Å². The largest absolute Gasteiger partial charge is 0.435 e. The summed E-state index contributed by atoms with van der Waals surface area (Å²) in [6.07, 6.45) is -4.66. The van der Waals surface area contributed by atoms with Crippen LogP contribution in [0.2, 0.25) is 0 Å². The van der Waals surface area contributed by atoms with Crippen LogP contribution in [0.15, 0.2) is 60.7 Å². The van der Waals surface area contributed by atoms with E-state index in [1.165, 1.54) is 10.7 Å². The van der Waals surface area contributed by atoms with Gasteiger partial charge in [0.2, 0.25) is 0 Å². The summed E-state index contributed by atoms with van der Waals surface area (Å²) in [5, 5.41) is 8.94. The Bertz CT molecular complexity index is 1300. The summed E-state index contributed by atoms with van der Waals surface area (Å²) in [5.74, 6) is -0.794. The molecular formula is C23H19F3N4O2S. The summed E-state index contributed by atoms with van der Waals surface area (Å²) >= 11 is 0.927. The molecule has 4 aromatic rings. The van der Waals surface area contributed by atoms with Crippen LogP contribution < -0.4 is 10.6 Å². The Hall–Kier alpha value is -3.66. The molecule has 0 atom stereocenters. The molecule has 0 aliphatic rings. The molecule has 6 nitrogen and oxygen atoms in total. The normalized spacial score (nSPS) is 11.5.